The molecular weight excluding hydrogens is 411 g/mol. The van der Waals surface area contributed by atoms with Crippen molar-refractivity contribution in [2.75, 3.05) is 26.4 Å². The van der Waals surface area contributed by atoms with Gasteiger partial charge in [0.15, 0.2) is 5.69 Å². The van der Waals surface area contributed by atoms with E-state index in [2.05, 4.69) is 38.2 Å². The molecule has 0 spiro atoms. The molecule has 2 heterocycles. The van der Waals surface area contributed by atoms with Gasteiger partial charge in [0.1, 0.15) is 0 Å². The van der Waals surface area contributed by atoms with Crippen molar-refractivity contribution < 1.29 is 14.3 Å². The van der Waals surface area contributed by atoms with Crippen LogP contribution in [-0.4, -0.2) is 53.4 Å². The number of amides is 1. The van der Waals surface area contributed by atoms with Crippen LogP contribution >= 0.6 is 22.6 Å². The summed E-state index contributed by atoms with van der Waals surface area (Å²) in [5.41, 5.74) is 1.89. The molecule has 0 saturated carbocycles. The maximum absolute atomic E-state index is 12.3. The van der Waals surface area contributed by atoms with Crippen molar-refractivity contribution in [2.45, 2.75) is 13.0 Å². The highest BCUT2D eigenvalue weighted by atomic mass is 127. The van der Waals surface area contributed by atoms with Crippen molar-refractivity contribution >= 4 is 28.5 Å². The lowest BCUT2D eigenvalue weighted by Gasteiger charge is -2.22. The van der Waals surface area contributed by atoms with E-state index in [0.29, 0.717) is 37.8 Å². The van der Waals surface area contributed by atoms with E-state index in [0.717, 1.165) is 9.26 Å². The smallest absolute Gasteiger partial charge is 0.273 e. The quantitative estimate of drug-likeness (QED) is 0.744. The molecule has 0 radical (unpaired) electrons. The van der Waals surface area contributed by atoms with E-state index in [1.807, 2.05) is 31.2 Å². The molecule has 1 fully saturated rings. The second-order valence-electron chi connectivity index (χ2n) is 5.19. The van der Waals surface area contributed by atoms with Crippen LogP contribution in [0.3, 0.4) is 0 Å². The Bertz CT molecular complexity index is 681. The van der Waals surface area contributed by atoms with Crippen LogP contribution in [0, 0.1) is 10.5 Å². The second-order valence-corrected chi connectivity index (χ2v) is 6.44. The average Bonchev–Trinajstić information content (AvgIpc) is 2.96. The number of carbonyl (C=O) groups is 1. The van der Waals surface area contributed by atoms with Crippen LogP contribution in [0.15, 0.2) is 24.3 Å². The van der Waals surface area contributed by atoms with Gasteiger partial charge in [0.25, 0.3) is 5.91 Å². The second kappa shape index (κ2) is 7.37. The minimum absolute atomic E-state index is 0.112. The first kappa shape index (κ1) is 16.3. The first-order chi connectivity index (χ1) is 11.1. The first-order valence-electron chi connectivity index (χ1n) is 7.31. The van der Waals surface area contributed by atoms with Gasteiger partial charge in [-0.25, -0.2) is 4.68 Å². The summed E-state index contributed by atoms with van der Waals surface area (Å²) in [5, 5.41) is 10.9. The number of nitrogens with one attached hydrogen (secondary N) is 1. The molecule has 3 rings (SSSR count). The van der Waals surface area contributed by atoms with Crippen molar-refractivity contribution in [3.63, 3.8) is 0 Å². The zero-order chi connectivity index (χ0) is 16.2. The molecule has 0 unspecified atom stereocenters. The summed E-state index contributed by atoms with van der Waals surface area (Å²) in [6.45, 7) is 3.88. The Hall–Kier alpha value is -1.52. The fourth-order valence-corrected chi connectivity index (χ4v) is 2.67. The predicted octanol–water partition coefficient (Wildman–Crippen LogP) is 1.33. The third kappa shape index (κ3) is 3.88. The lowest BCUT2D eigenvalue weighted by atomic mass is 10.2. The standard InChI is InChI=1S/C15H17IN4O3/c1-10-14(15(21)17-8-13-9-22-6-7-23-13)18-19-20(10)12-4-2-11(16)3-5-12/h2-5,13H,6-9H2,1H3,(H,17,21)/t13-/m1/s1. The number of benzene rings is 1. The molecule has 1 saturated heterocycles. The maximum atomic E-state index is 12.3. The molecule has 8 heteroatoms. The topological polar surface area (TPSA) is 78.3 Å². The summed E-state index contributed by atoms with van der Waals surface area (Å²) in [5.74, 6) is -0.256. The number of hydrogen-bond donors (Lipinski definition) is 1. The van der Waals surface area contributed by atoms with Gasteiger partial charge in [-0.15, -0.1) is 5.10 Å². The highest BCUT2D eigenvalue weighted by Gasteiger charge is 2.20. The van der Waals surface area contributed by atoms with Crippen LogP contribution in [0.1, 0.15) is 16.2 Å². The summed E-state index contributed by atoms with van der Waals surface area (Å²) >= 11 is 2.24. The predicted molar refractivity (Wildman–Crippen MR) is 91.7 cm³/mol. The van der Waals surface area contributed by atoms with Crippen LogP contribution in [-0.2, 0) is 9.47 Å². The Morgan fingerprint density at radius 1 is 1.39 bits per heavy atom. The molecule has 1 aromatic carbocycles. The Kier molecular flexibility index (Phi) is 5.23. The third-order valence-corrected chi connectivity index (χ3v) is 4.28. The molecule has 1 amide bonds. The summed E-state index contributed by atoms with van der Waals surface area (Å²) in [4.78, 5) is 12.3. The van der Waals surface area contributed by atoms with Crippen molar-refractivity contribution in [1.29, 1.82) is 0 Å². The Balaban J connectivity index is 1.68. The van der Waals surface area contributed by atoms with E-state index < -0.39 is 0 Å². The lowest BCUT2D eigenvalue weighted by Crippen LogP contribution is -2.40. The van der Waals surface area contributed by atoms with Gasteiger partial charge < -0.3 is 14.8 Å². The van der Waals surface area contributed by atoms with E-state index >= 15 is 0 Å². The highest BCUT2D eigenvalue weighted by molar-refractivity contribution is 14.1. The van der Waals surface area contributed by atoms with Crippen molar-refractivity contribution in [3.05, 3.63) is 39.2 Å². The van der Waals surface area contributed by atoms with Crippen LogP contribution in [0.25, 0.3) is 5.69 Å². The van der Waals surface area contributed by atoms with E-state index in [1.165, 1.54) is 0 Å². The van der Waals surface area contributed by atoms with Gasteiger partial charge in [0, 0.05) is 10.1 Å². The number of hydrogen-bond acceptors (Lipinski definition) is 5. The maximum Gasteiger partial charge on any atom is 0.273 e. The van der Waals surface area contributed by atoms with Gasteiger partial charge in [0.05, 0.1) is 37.3 Å². The molecule has 23 heavy (non-hydrogen) atoms. The lowest BCUT2D eigenvalue weighted by molar-refractivity contribution is -0.0855. The average molecular weight is 428 g/mol. The van der Waals surface area contributed by atoms with Crippen LogP contribution in [0.4, 0.5) is 0 Å². The molecule has 1 aliphatic heterocycles. The van der Waals surface area contributed by atoms with Crippen molar-refractivity contribution in [3.8, 4) is 5.69 Å². The molecule has 1 aromatic heterocycles. The molecular formula is C15H17IN4O3. The third-order valence-electron chi connectivity index (χ3n) is 3.56. The number of carbonyl (C=O) groups excluding carboxylic acids is 1. The van der Waals surface area contributed by atoms with Crippen LogP contribution < -0.4 is 5.32 Å². The number of rotatable bonds is 4. The molecule has 7 nitrogen and oxygen atoms in total. The van der Waals surface area contributed by atoms with E-state index in [4.69, 9.17) is 9.47 Å². The van der Waals surface area contributed by atoms with Gasteiger partial charge in [-0.3, -0.25) is 4.79 Å². The van der Waals surface area contributed by atoms with Gasteiger partial charge in [-0.05, 0) is 53.8 Å². The fraction of sp³-hybridized carbons (Fsp3) is 0.400. The van der Waals surface area contributed by atoms with Gasteiger partial charge in [-0.2, -0.15) is 0 Å². The number of nitrogens with zero attached hydrogens (tertiary/aromatic N) is 3. The molecule has 1 aliphatic rings. The molecule has 2 aromatic rings. The minimum atomic E-state index is -0.256. The van der Waals surface area contributed by atoms with E-state index in [-0.39, 0.29) is 12.0 Å². The van der Waals surface area contributed by atoms with E-state index in [1.54, 1.807) is 4.68 Å². The molecule has 1 atom stereocenters. The van der Waals surface area contributed by atoms with Crippen molar-refractivity contribution in [2.24, 2.45) is 0 Å². The largest absolute Gasteiger partial charge is 0.376 e. The Morgan fingerprint density at radius 3 is 2.87 bits per heavy atom. The van der Waals surface area contributed by atoms with Crippen LogP contribution in [0.5, 0.6) is 0 Å². The summed E-state index contributed by atoms with van der Waals surface area (Å²) < 4.78 is 13.6. The highest BCUT2D eigenvalue weighted by Crippen LogP contribution is 2.14. The van der Waals surface area contributed by atoms with Gasteiger partial charge >= 0.3 is 0 Å². The Morgan fingerprint density at radius 2 is 2.17 bits per heavy atom. The minimum Gasteiger partial charge on any atom is -0.376 e. The normalized spacial score (nSPS) is 17.9. The molecule has 1 N–H and O–H groups in total. The van der Waals surface area contributed by atoms with Crippen molar-refractivity contribution in [1.82, 2.24) is 20.3 Å². The Labute approximate surface area is 147 Å². The summed E-state index contributed by atoms with van der Waals surface area (Å²) in [6, 6.07) is 7.85. The zero-order valence-electron chi connectivity index (χ0n) is 12.7. The molecule has 0 aliphatic carbocycles. The van der Waals surface area contributed by atoms with E-state index in [9.17, 15) is 4.79 Å². The van der Waals surface area contributed by atoms with Crippen LogP contribution in [0.2, 0.25) is 0 Å². The molecule has 122 valence electrons. The molecule has 0 bridgehead atoms. The van der Waals surface area contributed by atoms with Gasteiger partial charge in [-0.1, -0.05) is 5.21 Å². The summed E-state index contributed by atoms with van der Waals surface area (Å²) in [6.07, 6.45) is -0.112. The van der Waals surface area contributed by atoms with Gasteiger partial charge in [0.2, 0.25) is 0 Å². The zero-order valence-corrected chi connectivity index (χ0v) is 14.8. The fourth-order valence-electron chi connectivity index (χ4n) is 2.31. The number of aromatic nitrogens is 3. The monoisotopic (exact) mass is 428 g/mol. The number of ether oxygens (including phenoxy) is 2. The number of halogens is 1. The SMILES string of the molecule is Cc1c(C(=O)NC[C@@H]2COCCO2)nnn1-c1ccc(I)cc1. The first-order valence-corrected chi connectivity index (χ1v) is 8.39. The summed E-state index contributed by atoms with van der Waals surface area (Å²) in [7, 11) is 0.